The summed E-state index contributed by atoms with van der Waals surface area (Å²) in [6.45, 7) is 2.98. The Bertz CT molecular complexity index is 331. The lowest BCUT2D eigenvalue weighted by Crippen LogP contribution is -2.51. The van der Waals surface area contributed by atoms with E-state index in [2.05, 4.69) is 20.7 Å². The monoisotopic (exact) mass is 342 g/mol. The molecule has 0 aromatic rings. The minimum atomic E-state index is -3.39. The first-order chi connectivity index (χ1) is 8.51. The van der Waals surface area contributed by atoms with Gasteiger partial charge in [0.15, 0.2) is 0 Å². The highest BCUT2D eigenvalue weighted by Crippen LogP contribution is 2.19. The smallest absolute Gasteiger partial charge is 0.280 e. The fraction of sp³-hybridized carbons (Fsp3) is 1.00. The Balaban J connectivity index is 2.66. The molecule has 1 fully saturated rings. The van der Waals surface area contributed by atoms with E-state index in [1.165, 1.54) is 0 Å². The van der Waals surface area contributed by atoms with Crippen LogP contribution in [-0.2, 0) is 14.9 Å². The first kappa shape index (κ1) is 16.4. The van der Waals surface area contributed by atoms with Crippen molar-refractivity contribution in [2.45, 2.75) is 44.7 Å². The van der Waals surface area contributed by atoms with Crippen molar-refractivity contribution in [2.75, 3.05) is 25.6 Å². The average molecular weight is 343 g/mol. The Labute approximate surface area is 119 Å². The number of hydrogen-bond acceptors (Lipinski definition) is 3. The van der Waals surface area contributed by atoms with Crippen molar-refractivity contribution in [1.82, 2.24) is 9.03 Å². The van der Waals surface area contributed by atoms with Gasteiger partial charge in [0.1, 0.15) is 0 Å². The average Bonchev–Trinajstić information content (AvgIpc) is 2.29. The van der Waals surface area contributed by atoms with E-state index in [9.17, 15) is 8.42 Å². The van der Waals surface area contributed by atoms with Crippen molar-refractivity contribution in [1.29, 1.82) is 0 Å². The van der Waals surface area contributed by atoms with Crippen LogP contribution in [0.4, 0.5) is 0 Å². The second-order valence-corrected chi connectivity index (χ2v) is 7.16. The molecule has 0 spiro atoms. The molecule has 5 nitrogen and oxygen atoms in total. The van der Waals surface area contributed by atoms with E-state index in [0.29, 0.717) is 13.2 Å². The van der Waals surface area contributed by atoms with E-state index in [1.54, 1.807) is 11.4 Å². The van der Waals surface area contributed by atoms with Crippen molar-refractivity contribution in [2.24, 2.45) is 0 Å². The second-order valence-electron chi connectivity index (χ2n) is 4.71. The third-order valence-electron chi connectivity index (χ3n) is 3.19. The minimum absolute atomic E-state index is 0.0865. The number of nitrogens with one attached hydrogen (secondary N) is 1. The van der Waals surface area contributed by atoms with Crippen molar-refractivity contribution < 1.29 is 13.2 Å². The van der Waals surface area contributed by atoms with Crippen LogP contribution in [0.15, 0.2) is 0 Å². The number of methoxy groups -OCH3 is 1. The van der Waals surface area contributed by atoms with E-state index < -0.39 is 10.2 Å². The normalized spacial score (nSPS) is 24.1. The van der Waals surface area contributed by atoms with Gasteiger partial charge in [0.25, 0.3) is 10.2 Å². The van der Waals surface area contributed by atoms with Crippen molar-refractivity contribution in [3.8, 4) is 0 Å². The zero-order valence-corrected chi connectivity index (χ0v) is 13.5. The number of rotatable bonds is 7. The van der Waals surface area contributed by atoms with E-state index in [0.717, 1.165) is 31.0 Å². The summed E-state index contributed by atoms with van der Waals surface area (Å²) in [5, 5.41) is 0.749. The molecule has 2 atom stereocenters. The van der Waals surface area contributed by atoms with Gasteiger partial charge in [-0.1, -0.05) is 22.4 Å². The Morgan fingerprint density at radius 1 is 1.50 bits per heavy atom. The molecule has 1 rings (SSSR count). The Kier molecular flexibility index (Phi) is 7.08. The zero-order chi connectivity index (χ0) is 13.6. The van der Waals surface area contributed by atoms with Gasteiger partial charge in [0.2, 0.25) is 0 Å². The quantitative estimate of drug-likeness (QED) is 0.713. The minimum Gasteiger partial charge on any atom is -0.383 e. The van der Waals surface area contributed by atoms with E-state index in [-0.39, 0.29) is 12.1 Å². The maximum atomic E-state index is 12.3. The van der Waals surface area contributed by atoms with Crippen LogP contribution in [0.1, 0.15) is 32.6 Å². The van der Waals surface area contributed by atoms with E-state index >= 15 is 0 Å². The highest BCUT2D eigenvalue weighted by molar-refractivity contribution is 9.09. The number of nitrogens with zero attached hydrogens (tertiary/aromatic N) is 1. The molecule has 1 heterocycles. The maximum absolute atomic E-state index is 12.3. The second kappa shape index (κ2) is 7.79. The first-order valence-corrected chi connectivity index (χ1v) is 8.91. The lowest BCUT2D eigenvalue weighted by Gasteiger charge is -2.33. The number of halogens is 1. The molecular weight excluding hydrogens is 320 g/mol. The van der Waals surface area contributed by atoms with Gasteiger partial charge in [-0.2, -0.15) is 17.4 Å². The molecule has 0 radical (unpaired) electrons. The standard InChI is InChI=1S/C11H23BrN2O3S/c1-10-5-3-4-8-14(10)18(15,16)13-11(6-7-12)9-17-2/h10-11,13H,3-9H2,1-2H3. The van der Waals surface area contributed by atoms with Crippen molar-refractivity contribution in [3.63, 3.8) is 0 Å². The molecule has 0 bridgehead atoms. The van der Waals surface area contributed by atoms with Gasteiger partial charge >= 0.3 is 0 Å². The van der Waals surface area contributed by atoms with Crippen LogP contribution in [0.2, 0.25) is 0 Å². The SMILES string of the molecule is COCC(CCBr)NS(=O)(=O)N1CCCCC1C. The number of alkyl halides is 1. The van der Waals surface area contributed by atoms with Gasteiger partial charge in [0.05, 0.1) is 6.61 Å². The van der Waals surface area contributed by atoms with Crippen LogP contribution in [0.5, 0.6) is 0 Å². The Hall–Kier alpha value is 0.310. The van der Waals surface area contributed by atoms with Crippen LogP contribution < -0.4 is 4.72 Å². The highest BCUT2D eigenvalue weighted by atomic mass is 79.9. The largest absolute Gasteiger partial charge is 0.383 e. The molecular formula is C11H23BrN2O3S. The molecule has 1 aliphatic rings. The number of piperidine rings is 1. The first-order valence-electron chi connectivity index (χ1n) is 6.35. The maximum Gasteiger partial charge on any atom is 0.280 e. The van der Waals surface area contributed by atoms with Gasteiger partial charge in [-0.3, -0.25) is 0 Å². The van der Waals surface area contributed by atoms with Crippen molar-refractivity contribution >= 4 is 26.1 Å². The molecule has 0 aromatic carbocycles. The molecule has 0 amide bonds. The predicted molar refractivity (Wildman–Crippen MR) is 76.1 cm³/mol. The van der Waals surface area contributed by atoms with Crippen LogP contribution in [0, 0.1) is 0 Å². The molecule has 1 N–H and O–H groups in total. The fourth-order valence-corrected chi connectivity index (χ4v) is 4.46. The lowest BCUT2D eigenvalue weighted by molar-refractivity contribution is 0.171. The summed E-state index contributed by atoms with van der Waals surface area (Å²) in [5.74, 6) is 0. The van der Waals surface area contributed by atoms with E-state index in [4.69, 9.17) is 4.74 Å². The van der Waals surface area contributed by atoms with Crippen LogP contribution in [0.3, 0.4) is 0 Å². The molecule has 18 heavy (non-hydrogen) atoms. The third-order valence-corrected chi connectivity index (χ3v) is 5.44. The highest BCUT2D eigenvalue weighted by Gasteiger charge is 2.30. The molecule has 108 valence electrons. The molecule has 7 heteroatoms. The zero-order valence-electron chi connectivity index (χ0n) is 11.1. The molecule has 0 aromatic heterocycles. The topological polar surface area (TPSA) is 58.6 Å². The number of ether oxygens (including phenoxy) is 1. The van der Waals surface area contributed by atoms with Crippen LogP contribution >= 0.6 is 15.9 Å². The summed E-state index contributed by atoms with van der Waals surface area (Å²) < 4.78 is 34.0. The summed E-state index contributed by atoms with van der Waals surface area (Å²) in [4.78, 5) is 0. The number of hydrogen-bond donors (Lipinski definition) is 1. The van der Waals surface area contributed by atoms with Gasteiger partial charge in [-0.15, -0.1) is 0 Å². The van der Waals surface area contributed by atoms with E-state index in [1.807, 2.05) is 6.92 Å². The summed E-state index contributed by atoms with van der Waals surface area (Å²) in [6, 6.07) is -0.0862. The molecule has 1 aliphatic heterocycles. The van der Waals surface area contributed by atoms with Crippen molar-refractivity contribution in [3.05, 3.63) is 0 Å². The lowest BCUT2D eigenvalue weighted by atomic mass is 10.1. The molecule has 2 unspecified atom stereocenters. The van der Waals surface area contributed by atoms with Gasteiger partial charge in [-0.05, 0) is 26.2 Å². The fourth-order valence-electron chi connectivity index (χ4n) is 2.22. The Morgan fingerprint density at radius 2 is 2.22 bits per heavy atom. The van der Waals surface area contributed by atoms with Gasteiger partial charge in [0, 0.05) is 31.1 Å². The van der Waals surface area contributed by atoms with Crippen LogP contribution in [-0.4, -0.2) is 50.4 Å². The third kappa shape index (κ3) is 4.77. The summed E-state index contributed by atoms with van der Waals surface area (Å²) >= 11 is 3.33. The summed E-state index contributed by atoms with van der Waals surface area (Å²) in [5.41, 5.74) is 0. The Morgan fingerprint density at radius 3 is 2.78 bits per heavy atom. The van der Waals surface area contributed by atoms with Gasteiger partial charge < -0.3 is 4.74 Å². The summed E-state index contributed by atoms with van der Waals surface area (Å²) in [7, 11) is -1.81. The molecule has 1 saturated heterocycles. The van der Waals surface area contributed by atoms with Gasteiger partial charge in [-0.25, -0.2) is 0 Å². The molecule has 0 saturated carbocycles. The summed E-state index contributed by atoms with van der Waals surface area (Å²) in [6.07, 6.45) is 3.71. The predicted octanol–water partition coefficient (Wildman–Crippen LogP) is 1.50. The van der Waals surface area contributed by atoms with Crippen LogP contribution in [0.25, 0.3) is 0 Å². The molecule has 0 aliphatic carbocycles.